The van der Waals surface area contributed by atoms with E-state index >= 15 is 0 Å². The Morgan fingerprint density at radius 1 is 1.12 bits per heavy atom. The molecule has 0 heterocycles. The van der Waals surface area contributed by atoms with Crippen LogP contribution >= 0.6 is 0 Å². The Morgan fingerprint density at radius 3 is 2.36 bits per heavy atom. The Morgan fingerprint density at radius 2 is 1.76 bits per heavy atom. The van der Waals surface area contributed by atoms with Crippen LogP contribution in [0.5, 0.6) is 5.75 Å². The first-order chi connectivity index (χ1) is 12.2. The molecule has 1 aromatic carbocycles. The van der Waals surface area contributed by atoms with Gasteiger partial charge in [0, 0.05) is 13.7 Å². The van der Waals surface area contributed by atoms with E-state index in [1.807, 2.05) is 38.3 Å². The highest BCUT2D eigenvalue weighted by Gasteiger charge is 2.57. The molecule has 4 saturated carbocycles. The molecule has 1 amide bonds. The molecule has 4 aliphatic rings. The van der Waals surface area contributed by atoms with Crippen LogP contribution < -0.4 is 10.1 Å². The van der Waals surface area contributed by atoms with Gasteiger partial charge in [-0.25, -0.2) is 0 Å². The Hall–Kier alpha value is -1.55. The molecule has 0 aromatic heterocycles. The molecule has 1 N–H and O–H groups in total. The molecule has 0 aliphatic heterocycles. The number of hydrogen-bond donors (Lipinski definition) is 1. The molecular formula is C21H29NO3. The Kier molecular flexibility index (Phi) is 4.48. The number of para-hydroxylation sites is 1. The molecule has 25 heavy (non-hydrogen) atoms. The van der Waals surface area contributed by atoms with Gasteiger partial charge in [0.05, 0.1) is 17.8 Å². The van der Waals surface area contributed by atoms with Crippen LogP contribution in [-0.2, 0) is 4.74 Å². The molecular weight excluding hydrogens is 314 g/mol. The van der Waals surface area contributed by atoms with Crippen molar-refractivity contribution in [3.05, 3.63) is 29.8 Å². The summed E-state index contributed by atoms with van der Waals surface area (Å²) in [5, 5.41) is 3.17. The van der Waals surface area contributed by atoms with Gasteiger partial charge in [-0.2, -0.15) is 0 Å². The lowest BCUT2D eigenvalue weighted by molar-refractivity contribution is -0.186. The van der Waals surface area contributed by atoms with Crippen molar-refractivity contribution in [3.63, 3.8) is 0 Å². The van der Waals surface area contributed by atoms with E-state index in [1.165, 1.54) is 32.1 Å². The van der Waals surface area contributed by atoms with Gasteiger partial charge in [-0.15, -0.1) is 0 Å². The normalized spacial score (nSPS) is 35.6. The number of nitrogens with one attached hydrogen (secondary N) is 1. The van der Waals surface area contributed by atoms with E-state index in [0.717, 1.165) is 11.8 Å². The first-order valence-electron chi connectivity index (χ1n) is 9.71. The highest BCUT2D eigenvalue weighted by atomic mass is 16.5. The second-order valence-corrected chi connectivity index (χ2v) is 8.08. The molecule has 1 aromatic rings. The first-order valence-corrected chi connectivity index (χ1v) is 9.71. The van der Waals surface area contributed by atoms with Crippen LogP contribution in [0.25, 0.3) is 0 Å². The second-order valence-electron chi connectivity index (χ2n) is 8.08. The largest absolute Gasteiger partial charge is 0.493 e. The van der Waals surface area contributed by atoms with E-state index in [2.05, 4.69) is 5.32 Å². The number of benzene rings is 1. The summed E-state index contributed by atoms with van der Waals surface area (Å²) in [7, 11) is 1.84. The molecule has 4 bridgehead atoms. The fourth-order valence-electron chi connectivity index (χ4n) is 5.93. The van der Waals surface area contributed by atoms with E-state index in [9.17, 15) is 4.79 Å². The summed E-state index contributed by atoms with van der Waals surface area (Å²) in [6.07, 6.45) is 6.50. The molecule has 136 valence electrons. The van der Waals surface area contributed by atoms with Gasteiger partial charge in [-0.05, 0) is 74.8 Å². The number of ether oxygens (including phenoxy) is 2. The van der Waals surface area contributed by atoms with Crippen molar-refractivity contribution >= 4 is 5.91 Å². The Labute approximate surface area is 150 Å². The second kappa shape index (κ2) is 6.64. The summed E-state index contributed by atoms with van der Waals surface area (Å²) in [6, 6.07) is 7.46. The molecule has 4 fully saturated rings. The van der Waals surface area contributed by atoms with Crippen LogP contribution in [0, 0.1) is 23.7 Å². The maximum atomic E-state index is 12.8. The molecule has 4 aliphatic carbocycles. The third-order valence-electron chi connectivity index (χ3n) is 6.86. The van der Waals surface area contributed by atoms with Gasteiger partial charge >= 0.3 is 0 Å². The number of carbonyl (C=O) groups is 1. The van der Waals surface area contributed by atoms with Gasteiger partial charge in [-0.1, -0.05) is 12.1 Å². The van der Waals surface area contributed by atoms with E-state index in [0.29, 0.717) is 36.3 Å². The molecule has 4 nitrogen and oxygen atoms in total. The maximum absolute atomic E-state index is 12.8. The predicted octanol–water partition coefficient (Wildman–Crippen LogP) is 3.66. The van der Waals surface area contributed by atoms with E-state index in [-0.39, 0.29) is 11.5 Å². The van der Waals surface area contributed by atoms with Gasteiger partial charge in [0.2, 0.25) is 0 Å². The van der Waals surface area contributed by atoms with Crippen molar-refractivity contribution in [1.29, 1.82) is 0 Å². The lowest BCUT2D eigenvalue weighted by atomic mass is 9.49. The van der Waals surface area contributed by atoms with Crippen LogP contribution in [0.2, 0.25) is 0 Å². The SMILES string of the molecule is CCOc1ccccc1C(=O)NCC1(OC)C2CC3CC(C2)CC1C3. The zero-order valence-corrected chi connectivity index (χ0v) is 15.3. The van der Waals surface area contributed by atoms with Crippen molar-refractivity contribution in [3.8, 4) is 5.75 Å². The van der Waals surface area contributed by atoms with Gasteiger partial charge in [0.15, 0.2) is 0 Å². The zero-order valence-electron chi connectivity index (χ0n) is 15.3. The summed E-state index contributed by atoms with van der Waals surface area (Å²) >= 11 is 0. The number of amides is 1. The third-order valence-corrected chi connectivity index (χ3v) is 6.86. The number of carbonyl (C=O) groups excluding carboxylic acids is 1. The summed E-state index contributed by atoms with van der Waals surface area (Å²) in [5.41, 5.74) is 0.434. The van der Waals surface area contributed by atoms with Crippen LogP contribution in [0.4, 0.5) is 0 Å². The van der Waals surface area contributed by atoms with Crippen molar-refractivity contribution in [2.24, 2.45) is 23.7 Å². The summed E-state index contributed by atoms with van der Waals surface area (Å²) in [5.74, 6) is 3.56. The molecule has 0 saturated heterocycles. The highest BCUT2D eigenvalue weighted by molar-refractivity contribution is 5.96. The lowest BCUT2D eigenvalue weighted by Gasteiger charge is -2.60. The minimum Gasteiger partial charge on any atom is -0.493 e. The predicted molar refractivity (Wildman–Crippen MR) is 96.7 cm³/mol. The average Bonchev–Trinajstić information content (AvgIpc) is 2.62. The highest BCUT2D eigenvalue weighted by Crippen LogP contribution is 2.59. The monoisotopic (exact) mass is 343 g/mol. The maximum Gasteiger partial charge on any atom is 0.255 e. The zero-order chi connectivity index (χ0) is 17.4. The number of methoxy groups -OCH3 is 1. The minimum absolute atomic E-state index is 0.0609. The Balaban J connectivity index is 1.49. The average molecular weight is 343 g/mol. The number of hydrogen-bond acceptors (Lipinski definition) is 3. The summed E-state index contributed by atoms with van der Waals surface area (Å²) in [4.78, 5) is 12.8. The topological polar surface area (TPSA) is 47.6 Å². The quantitative estimate of drug-likeness (QED) is 0.857. The van der Waals surface area contributed by atoms with Crippen LogP contribution in [0.3, 0.4) is 0 Å². The van der Waals surface area contributed by atoms with E-state index < -0.39 is 0 Å². The van der Waals surface area contributed by atoms with Gasteiger partial charge in [0.25, 0.3) is 5.91 Å². The summed E-state index contributed by atoms with van der Waals surface area (Å²) < 4.78 is 11.7. The minimum atomic E-state index is -0.177. The fraction of sp³-hybridized carbons (Fsp3) is 0.667. The van der Waals surface area contributed by atoms with Crippen LogP contribution in [-0.4, -0.2) is 31.8 Å². The van der Waals surface area contributed by atoms with Gasteiger partial charge < -0.3 is 14.8 Å². The van der Waals surface area contributed by atoms with Crippen molar-refractivity contribution < 1.29 is 14.3 Å². The summed E-state index contributed by atoms with van der Waals surface area (Å²) in [6.45, 7) is 3.10. The molecule has 0 radical (unpaired) electrons. The first kappa shape index (κ1) is 16.9. The van der Waals surface area contributed by atoms with Gasteiger partial charge in [-0.3, -0.25) is 4.79 Å². The molecule has 0 unspecified atom stereocenters. The van der Waals surface area contributed by atoms with Crippen LogP contribution in [0.1, 0.15) is 49.4 Å². The molecule has 0 atom stereocenters. The molecule has 0 spiro atoms. The number of rotatable bonds is 6. The molecule has 5 rings (SSSR count). The lowest BCUT2D eigenvalue weighted by Crippen LogP contribution is -2.63. The Bertz CT molecular complexity index is 614. The van der Waals surface area contributed by atoms with E-state index in [4.69, 9.17) is 9.47 Å². The van der Waals surface area contributed by atoms with Crippen LogP contribution in [0.15, 0.2) is 24.3 Å². The molecule has 4 heteroatoms. The van der Waals surface area contributed by atoms with Gasteiger partial charge in [0.1, 0.15) is 5.75 Å². The van der Waals surface area contributed by atoms with Crippen molar-refractivity contribution in [2.75, 3.05) is 20.3 Å². The smallest absolute Gasteiger partial charge is 0.255 e. The fourth-order valence-corrected chi connectivity index (χ4v) is 5.93. The van der Waals surface area contributed by atoms with E-state index in [1.54, 1.807) is 0 Å². The van der Waals surface area contributed by atoms with Crippen molar-refractivity contribution in [1.82, 2.24) is 5.32 Å². The van der Waals surface area contributed by atoms with Crippen molar-refractivity contribution in [2.45, 2.75) is 44.6 Å². The third kappa shape index (κ3) is 2.84. The standard InChI is InChI=1S/C21H29NO3/c1-3-25-19-7-5-4-6-18(19)20(23)22-13-21(24-2)16-9-14-8-15(11-16)12-17(21)10-14/h4-7,14-17H,3,8-13H2,1-2H3,(H,22,23).